The number of fused-ring (bicyclic) bond motifs is 1. The average molecular weight is 344 g/mol. The fourth-order valence-corrected chi connectivity index (χ4v) is 3.97. The van der Waals surface area contributed by atoms with Gasteiger partial charge in [0.05, 0.1) is 0 Å². The Balaban J connectivity index is 0.00000100. The lowest BCUT2D eigenvalue weighted by Gasteiger charge is -2.32. The smallest absolute Gasteiger partial charge is 0.0440 e. The van der Waals surface area contributed by atoms with Crippen molar-refractivity contribution in [3.63, 3.8) is 0 Å². The van der Waals surface area contributed by atoms with Crippen molar-refractivity contribution in [3.05, 3.63) is 69.7 Å². The van der Waals surface area contributed by atoms with Gasteiger partial charge in [0.25, 0.3) is 0 Å². The molecule has 0 bridgehead atoms. The van der Waals surface area contributed by atoms with Crippen LogP contribution in [0.2, 0.25) is 5.02 Å². The minimum Gasteiger partial charge on any atom is -0.313 e. The molecule has 3 rings (SSSR count). The van der Waals surface area contributed by atoms with Crippen LogP contribution in [0.5, 0.6) is 0 Å². The van der Waals surface area contributed by atoms with Gasteiger partial charge in [0.15, 0.2) is 0 Å². The van der Waals surface area contributed by atoms with Crippen molar-refractivity contribution in [2.45, 2.75) is 58.4 Å². The molecule has 2 heteroatoms. The first-order chi connectivity index (χ1) is 11.7. The zero-order chi connectivity index (χ0) is 17.5. The third-order valence-corrected chi connectivity index (χ3v) is 5.19. The van der Waals surface area contributed by atoms with Crippen molar-refractivity contribution < 1.29 is 0 Å². The molecular formula is C22H30ClN. The van der Waals surface area contributed by atoms with Gasteiger partial charge in [-0.3, -0.25) is 0 Å². The Bertz CT molecular complexity index is 650. The normalized spacial score (nSPS) is 19.2. The molecular weight excluding hydrogens is 314 g/mol. The minimum atomic E-state index is 0.467. The lowest BCUT2D eigenvalue weighted by Crippen LogP contribution is -2.24. The third kappa shape index (κ3) is 4.02. The first kappa shape index (κ1) is 19.0. The zero-order valence-electron chi connectivity index (χ0n) is 15.4. The maximum absolute atomic E-state index is 6.50. The summed E-state index contributed by atoms with van der Waals surface area (Å²) in [6, 6.07) is 16.0. The number of hydrogen-bond acceptors (Lipinski definition) is 1. The van der Waals surface area contributed by atoms with E-state index in [1.165, 1.54) is 35.1 Å². The summed E-state index contributed by atoms with van der Waals surface area (Å²) in [5.74, 6) is 0.467. The molecule has 0 heterocycles. The molecule has 1 N–H and O–H groups in total. The fourth-order valence-electron chi connectivity index (χ4n) is 3.69. The highest BCUT2D eigenvalue weighted by atomic mass is 35.5. The molecule has 1 aliphatic rings. The Morgan fingerprint density at radius 1 is 1.04 bits per heavy atom. The van der Waals surface area contributed by atoms with Crippen LogP contribution in [0.15, 0.2) is 42.5 Å². The standard InChI is InChI=1S/C20H24ClN.C2H6/c1-3-6-14-9-10-15(13-19(14)21)16-11-12-20(22-2)18-8-5-4-7-17(16)18;1-2/h4-5,7-10,13,16,20,22H,3,6,11-12H2,1-2H3;1-2H3. The van der Waals surface area contributed by atoms with Crippen LogP contribution in [0.1, 0.15) is 74.2 Å². The third-order valence-electron chi connectivity index (χ3n) is 4.84. The second-order valence-corrected chi connectivity index (χ2v) is 6.61. The van der Waals surface area contributed by atoms with Crippen LogP contribution in [0, 0.1) is 0 Å². The van der Waals surface area contributed by atoms with Gasteiger partial charge in [-0.1, -0.05) is 75.2 Å². The van der Waals surface area contributed by atoms with Crippen LogP contribution in [0.3, 0.4) is 0 Å². The molecule has 0 saturated heterocycles. The summed E-state index contributed by atoms with van der Waals surface area (Å²) >= 11 is 6.50. The first-order valence-corrected chi connectivity index (χ1v) is 9.66. The molecule has 2 aromatic rings. The SMILES string of the molecule is CC.CCCc1ccc(C2CCC(NC)c3ccccc32)cc1Cl. The van der Waals surface area contributed by atoms with E-state index in [1.54, 1.807) is 0 Å². The summed E-state index contributed by atoms with van der Waals surface area (Å²) in [6.45, 7) is 6.19. The van der Waals surface area contributed by atoms with Crippen molar-refractivity contribution in [2.24, 2.45) is 0 Å². The van der Waals surface area contributed by atoms with Crippen LogP contribution in [-0.2, 0) is 6.42 Å². The molecule has 0 amide bonds. The van der Waals surface area contributed by atoms with E-state index in [0.29, 0.717) is 12.0 Å². The molecule has 24 heavy (non-hydrogen) atoms. The Morgan fingerprint density at radius 2 is 1.75 bits per heavy atom. The maximum atomic E-state index is 6.50. The predicted molar refractivity (Wildman–Crippen MR) is 106 cm³/mol. The van der Waals surface area contributed by atoms with Crippen molar-refractivity contribution in [1.82, 2.24) is 5.32 Å². The highest BCUT2D eigenvalue weighted by Gasteiger charge is 2.27. The quantitative estimate of drug-likeness (QED) is 0.667. The second-order valence-electron chi connectivity index (χ2n) is 6.20. The molecule has 0 saturated carbocycles. The van der Waals surface area contributed by atoms with Crippen molar-refractivity contribution in [2.75, 3.05) is 7.05 Å². The molecule has 0 aliphatic heterocycles. The molecule has 1 nitrogen and oxygen atoms in total. The summed E-state index contributed by atoms with van der Waals surface area (Å²) in [6.07, 6.45) is 4.54. The topological polar surface area (TPSA) is 12.0 Å². The van der Waals surface area contributed by atoms with Crippen molar-refractivity contribution >= 4 is 11.6 Å². The van der Waals surface area contributed by atoms with E-state index in [1.807, 2.05) is 13.8 Å². The molecule has 2 unspecified atom stereocenters. The minimum absolute atomic E-state index is 0.467. The second kappa shape index (κ2) is 9.25. The number of benzene rings is 2. The van der Waals surface area contributed by atoms with Crippen LogP contribution >= 0.6 is 11.6 Å². The number of nitrogens with one attached hydrogen (secondary N) is 1. The van der Waals surface area contributed by atoms with Crippen LogP contribution in [-0.4, -0.2) is 7.05 Å². The number of halogens is 1. The Hall–Kier alpha value is -1.31. The van der Waals surface area contributed by atoms with E-state index in [4.69, 9.17) is 11.6 Å². The Labute approximate surface area is 152 Å². The number of aryl methyl sites for hydroxylation is 1. The van der Waals surface area contributed by atoms with E-state index >= 15 is 0 Å². The zero-order valence-corrected chi connectivity index (χ0v) is 16.2. The molecule has 1 aliphatic carbocycles. The van der Waals surface area contributed by atoms with Gasteiger partial charge < -0.3 is 5.32 Å². The first-order valence-electron chi connectivity index (χ1n) is 9.29. The summed E-state index contributed by atoms with van der Waals surface area (Å²) in [7, 11) is 2.05. The summed E-state index contributed by atoms with van der Waals surface area (Å²) < 4.78 is 0. The van der Waals surface area contributed by atoms with Gasteiger partial charge >= 0.3 is 0 Å². The van der Waals surface area contributed by atoms with E-state index in [2.05, 4.69) is 61.8 Å². The van der Waals surface area contributed by atoms with Gasteiger partial charge in [-0.15, -0.1) is 0 Å². The average Bonchev–Trinajstić information content (AvgIpc) is 2.64. The van der Waals surface area contributed by atoms with Gasteiger partial charge in [-0.2, -0.15) is 0 Å². The molecule has 0 fully saturated rings. The molecule has 130 valence electrons. The molecule has 2 atom stereocenters. The fraction of sp³-hybridized carbons (Fsp3) is 0.455. The summed E-state index contributed by atoms with van der Waals surface area (Å²) in [5, 5.41) is 4.37. The van der Waals surface area contributed by atoms with Gasteiger partial charge in [-0.25, -0.2) is 0 Å². The lowest BCUT2D eigenvalue weighted by molar-refractivity contribution is 0.471. The summed E-state index contributed by atoms with van der Waals surface area (Å²) in [5.41, 5.74) is 5.51. The van der Waals surface area contributed by atoms with Gasteiger partial charge in [0.2, 0.25) is 0 Å². The van der Waals surface area contributed by atoms with E-state index in [0.717, 1.165) is 17.9 Å². The summed E-state index contributed by atoms with van der Waals surface area (Å²) in [4.78, 5) is 0. The van der Waals surface area contributed by atoms with Crippen LogP contribution in [0.25, 0.3) is 0 Å². The Morgan fingerprint density at radius 3 is 2.38 bits per heavy atom. The van der Waals surface area contributed by atoms with Gasteiger partial charge in [0, 0.05) is 17.0 Å². The predicted octanol–water partition coefficient (Wildman–Crippen LogP) is 6.50. The van der Waals surface area contributed by atoms with Gasteiger partial charge in [0.1, 0.15) is 0 Å². The molecule has 2 aromatic carbocycles. The highest BCUT2D eigenvalue weighted by molar-refractivity contribution is 6.31. The van der Waals surface area contributed by atoms with E-state index in [-0.39, 0.29) is 0 Å². The van der Waals surface area contributed by atoms with Crippen molar-refractivity contribution in [1.29, 1.82) is 0 Å². The number of hydrogen-bond donors (Lipinski definition) is 1. The van der Waals surface area contributed by atoms with E-state index in [9.17, 15) is 0 Å². The van der Waals surface area contributed by atoms with Crippen molar-refractivity contribution in [3.8, 4) is 0 Å². The number of rotatable bonds is 4. The monoisotopic (exact) mass is 343 g/mol. The van der Waals surface area contributed by atoms with Crippen LogP contribution in [0.4, 0.5) is 0 Å². The maximum Gasteiger partial charge on any atom is 0.0440 e. The highest BCUT2D eigenvalue weighted by Crippen LogP contribution is 2.41. The molecule has 0 aromatic heterocycles. The Kier molecular flexibility index (Phi) is 7.33. The molecule has 0 spiro atoms. The molecule has 0 radical (unpaired) electrons. The van der Waals surface area contributed by atoms with E-state index < -0.39 is 0 Å². The van der Waals surface area contributed by atoms with Crippen LogP contribution < -0.4 is 5.32 Å². The lowest BCUT2D eigenvalue weighted by atomic mass is 9.76. The largest absolute Gasteiger partial charge is 0.313 e. The van der Waals surface area contributed by atoms with Gasteiger partial charge in [-0.05, 0) is 54.6 Å².